The number of thiazole rings is 1. The van der Waals surface area contributed by atoms with Crippen molar-refractivity contribution in [3.63, 3.8) is 0 Å². The molecule has 14 heteroatoms. The number of para-hydroxylation sites is 2. The van der Waals surface area contributed by atoms with Crippen molar-refractivity contribution in [1.29, 1.82) is 0 Å². The van der Waals surface area contributed by atoms with Gasteiger partial charge in [0.2, 0.25) is 17.7 Å². The van der Waals surface area contributed by atoms with E-state index in [0.717, 1.165) is 47.4 Å². The lowest BCUT2D eigenvalue weighted by atomic mass is 9.82. The van der Waals surface area contributed by atoms with E-state index < -0.39 is 69.5 Å². The van der Waals surface area contributed by atoms with Crippen LogP contribution in [0.25, 0.3) is 0 Å². The Morgan fingerprint density at radius 2 is 1.64 bits per heavy atom. The van der Waals surface area contributed by atoms with Gasteiger partial charge in [0.05, 0.1) is 29.3 Å². The number of amides is 3. The summed E-state index contributed by atoms with van der Waals surface area (Å²) in [6.45, 7) is -0.464. The maximum absolute atomic E-state index is 14.0. The van der Waals surface area contributed by atoms with Gasteiger partial charge in [-0.25, -0.2) is 9.29 Å². The van der Waals surface area contributed by atoms with Crippen molar-refractivity contribution in [2.75, 3.05) is 17.3 Å². The first-order valence-electron chi connectivity index (χ1n) is 13.1. The number of thioether (sulfide) groups is 1. The first-order valence-corrected chi connectivity index (χ1v) is 14.8. The molecule has 1 fully saturated rings. The van der Waals surface area contributed by atoms with Gasteiger partial charge in [-0.1, -0.05) is 53.4 Å². The number of nitrogens with zero attached hydrogens (tertiary/aromatic N) is 2. The second kappa shape index (κ2) is 11.2. The third-order valence-corrected chi connectivity index (χ3v) is 10.0. The molecular formula is C30H21F4N3O5S2. The molecule has 3 atom stereocenters. The molecular weight excluding hydrogens is 622 g/mol. The van der Waals surface area contributed by atoms with Gasteiger partial charge in [-0.2, -0.15) is 13.2 Å². The number of halogens is 4. The first kappa shape index (κ1) is 29.6. The SMILES string of the molecule is COc1ccccc1[C@@H]1c2sc(=O)n(CC(=O)Nc3ccc(F)cc3)c2S[C@H]2C(=O)N(c3ccccc3C(F)(F)F)C(=O)[C@@H]12. The lowest BCUT2D eigenvalue weighted by Crippen LogP contribution is -2.33. The molecule has 0 radical (unpaired) electrons. The second-order valence-electron chi connectivity index (χ2n) is 9.99. The highest BCUT2D eigenvalue weighted by Gasteiger charge is 2.58. The molecule has 0 saturated carbocycles. The molecule has 0 bridgehead atoms. The molecule has 0 aliphatic carbocycles. The highest BCUT2D eigenvalue weighted by Crippen LogP contribution is 2.55. The number of carbonyl (C=O) groups excluding carboxylic acids is 3. The minimum Gasteiger partial charge on any atom is -0.496 e. The van der Waals surface area contributed by atoms with Crippen molar-refractivity contribution in [3.8, 4) is 5.75 Å². The average Bonchev–Trinajstić information content (AvgIpc) is 3.44. The molecule has 8 nitrogen and oxygen atoms in total. The van der Waals surface area contributed by atoms with Gasteiger partial charge in [0.1, 0.15) is 23.4 Å². The van der Waals surface area contributed by atoms with E-state index in [4.69, 9.17) is 4.74 Å². The van der Waals surface area contributed by atoms with E-state index in [0.29, 0.717) is 26.8 Å². The highest BCUT2D eigenvalue weighted by atomic mass is 32.2. The van der Waals surface area contributed by atoms with Crippen LogP contribution in [0.5, 0.6) is 5.75 Å². The third kappa shape index (κ3) is 5.07. The first-order chi connectivity index (χ1) is 21.0. The minimum atomic E-state index is -4.84. The van der Waals surface area contributed by atoms with Crippen LogP contribution in [-0.2, 0) is 27.1 Å². The summed E-state index contributed by atoms with van der Waals surface area (Å²) < 4.78 is 61.9. The number of ether oxygens (including phenoxy) is 1. The van der Waals surface area contributed by atoms with Gasteiger partial charge in [-0.15, -0.1) is 0 Å². The fourth-order valence-corrected chi connectivity index (χ4v) is 8.30. The molecule has 1 aromatic heterocycles. The number of methoxy groups -OCH3 is 1. The van der Waals surface area contributed by atoms with E-state index in [2.05, 4.69) is 5.32 Å². The summed E-state index contributed by atoms with van der Waals surface area (Å²) in [6, 6.07) is 16.1. The van der Waals surface area contributed by atoms with Crippen molar-refractivity contribution < 1.29 is 36.7 Å². The lowest BCUT2D eigenvalue weighted by molar-refractivity contribution is -0.137. The van der Waals surface area contributed by atoms with Crippen LogP contribution in [0, 0.1) is 11.7 Å². The van der Waals surface area contributed by atoms with Crippen LogP contribution in [0.1, 0.15) is 21.9 Å². The van der Waals surface area contributed by atoms with Gasteiger partial charge in [0.15, 0.2) is 0 Å². The Labute approximate surface area is 255 Å². The largest absolute Gasteiger partial charge is 0.496 e. The molecule has 2 aliphatic heterocycles. The predicted molar refractivity (Wildman–Crippen MR) is 156 cm³/mol. The zero-order chi connectivity index (χ0) is 31.3. The number of fused-ring (bicyclic) bond motifs is 2. The summed E-state index contributed by atoms with van der Waals surface area (Å²) >= 11 is 1.66. The number of carbonyl (C=O) groups is 3. The van der Waals surface area contributed by atoms with Crippen LogP contribution in [0.4, 0.5) is 28.9 Å². The lowest BCUT2D eigenvalue weighted by Gasteiger charge is -2.31. The number of hydrogen-bond donors (Lipinski definition) is 1. The number of alkyl halides is 3. The Bertz CT molecular complexity index is 1850. The van der Waals surface area contributed by atoms with Gasteiger partial charge >= 0.3 is 11.0 Å². The van der Waals surface area contributed by atoms with E-state index in [1.54, 1.807) is 24.3 Å². The third-order valence-electron chi connectivity index (χ3n) is 7.40. The van der Waals surface area contributed by atoms with Crippen molar-refractivity contribution in [1.82, 2.24) is 4.57 Å². The Hall–Kier alpha value is -4.43. The molecule has 1 saturated heterocycles. The average molecular weight is 644 g/mol. The van der Waals surface area contributed by atoms with E-state index in [-0.39, 0.29) is 5.03 Å². The van der Waals surface area contributed by atoms with Crippen LogP contribution in [-0.4, -0.2) is 34.6 Å². The molecule has 44 heavy (non-hydrogen) atoms. The van der Waals surface area contributed by atoms with Crippen LogP contribution in [0.15, 0.2) is 82.6 Å². The summed E-state index contributed by atoms with van der Waals surface area (Å²) in [4.78, 5) is 54.6. The number of nitrogens with one attached hydrogen (secondary N) is 1. The quantitative estimate of drug-likeness (QED) is 0.220. The number of imide groups is 1. The van der Waals surface area contributed by atoms with Crippen LogP contribution in [0.3, 0.4) is 0 Å². The highest BCUT2D eigenvalue weighted by molar-refractivity contribution is 8.00. The molecule has 3 amide bonds. The van der Waals surface area contributed by atoms with Crippen LogP contribution in [0.2, 0.25) is 0 Å². The fourth-order valence-electron chi connectivity index (χ4n) is 5.54. The van der Waals surface area contributed by atoms with Crippen molar-refractivity contribution in [2.45, 2.75) is 28.9 Å². The Balaban J connectivity index is 1.45. The Kier molecular flexibility index (Phi) is 7.58. The van der Waals surface area contributed by atoms with Gasteiger partial charge in [-0.05, 0) is 42.5 Å². The fraction of sp³-hybridized carbons (Fsp3) is 0.200. The Morgan fingerprint density at radius 3 is 2.34 bits per heavy atom. The normalized spacial score (nSPS) is 19.5. The van der Waals surface area contributed by atoms with Crippen molar-refractivity contribution in [3.05, 3.63) is 104 Å². The van der Waals surface area contributed by atoms with Gasteiger partial charge in [-0.3, -0.25) is 23.7 Å². The van der Waals surface area contributed by atoms with Gasteiger partial charge < -0.3 is 10.1 Å². The maximum atomic E-state index is 14.0. The smallest absolute Gasteiger partial charge is 0.418 e. The van der Waals surface area contributed by atoms with Gasteiger partial charge in [0, 0.05) is 22.0 Å². The topological polar surface area (TPSA) is 97.7 Å². The second-order valence-corrected chi connectivity index (χ2v) is 12.1. The minimum absolute atomic E-state index is 0.249. The van der Waals surface area contributed by atoms with Crippen molar-refractivity contribution in [2.24, 2.45) is 5.92 Å². The molecule has 0 unspecified atom stereocenters. The maximum Gasteiger partial charge on any atom is 0.418 e. The number of benzene rings is 3. The number of anilines is 2. The summed E-state index contributed by atoms with van der Waals surface area (Å²) in [7, 11) is 1.41. The van der Waals surface area contributed by atoms with E-state index in [1.807, 2.05) is 0 Å². The molecule has 226 valence electrons. The summed E-state index contributed by atoms with van der Waals surface area (Å²) in [6.07, 6.45) is -4.84. The van der Waals surface area contributed by atoms with E-state index in [9.17, 15) is 36.7 Å². The van der Waals surface area contributed by atoms with E-state index in [1.165, 1.54) is 35.9 Å². The summed E-state index contributed by atoms with van der Waals surface area (Å²) in [5.41, 5.74) is -0.960. The summed E-state index contributed by atoms with van der Waals surface area (Å²) in [5.74, 6) is -4.57. The molecule has 3 heterocycles. The van der Waals surface area contributed by atoms with Crippen LogP contribution < -0.4 is 19.8 Å². The monoisotopic (exact) mass is 643 g/mol. The molecule has 1 N–H and O–H groups in total. The molecule has 4 aromatic rings. The number of hydrogen-bond acceptors (Lipinski definition) is 7. The van der Waals surface area contributed by atoms with Crippen LogP contribution >= 0.6 is 23.1 Å². The Morgan fingerprint density at radius 1 is 0.955 bits per heavy atom. The van der Waals surface area contributed by atoms with E-state index >= 15 is 0 Å². The predicted octanol–water partition coefficient (Wildman–Crippen LogP) is 5.51. The summed E-state index contributed by atoms with van der Waals surface area (Å²) in [5, 5.41) is 1.63. The van der Waals surface area contributed by atoms with Gasteiger partial charge in [0.25, 0.3) is 0 Å². The van der Waals surface area contributed by atoms with Crippen molar-refractivity contribution >= 4 is 52.2 Å². The molecule has 3 aromatic carbocycles. The number of rotatable bonds is 6. The molecule has 6 rings (SSSR count). The molecule has 0 spiro atoms. The standard InChI is InChI=1S/C30H21F4N3O5S2/c1-42-20-9-5-2-6-17(20)22-23-24(27(40)37(26(23)39)19-8-4-3-7-18(19)30(32,33)34)43-28-25(22)44-29(41)36(28)14-21(38)35-16-12-10-15(31)11-13-16/h2-13,22-24H,14H2,1H3,(H,35,38)/t22-,23-,24+/m0/s1. The molecule has 2 aliphatic rings. The zero-order valence-electron chi connectivity index (χ0n) is 22.6. The number of aromatic nitrogens is 1. The zero-order valence-corrected chi connectivity index (χ0v) is 24.3.